The fraction of sp³-hybridized carbons (Fsp3) is 0.947. The van der Waals surface area contributed by atoms with Crippen LogP contribution in [0.3, 0.4) is 0 Å². The van der Waals surface area contributed by atoms with E-state index < -0.39 is 5.60 Å². The summed E-state index contributed by atoms with van der Waals surface area (Å²) in [6.45, 7) is 14.2. The minimum absolute atomic E-state index is 0.0916. The van der Waals surface area contributed by atoms with Gasteiger partial charge in [-0.05, 0) is 48.0 Å². The number of hydrogen-bond acceptors (Lipinski definition) is 5. The summed E-state index contributed by atoms with van der Waals surface area (Å²) in [6.07, 6.45) is 4.93. The van der Waals surface area contributed by atoms with E-state index in [1.165, 1.54) is 0 Å². The summed E-state index contributed by atoms with van der Waals surface area (Å²) < 4.78 is 5.73. The van der Waals surface area contributed by atoms with Crippen LogP contribution in [0.25, 0.3) is 0 Å². The molecule has 142 valence electrons. The molecule has 0 spiro atoms. The topological polar surface area (TPSA) is 59.0 Å². The monoisotopic (exact) mass is 343 g/mol. The molecule has 0 bridgehead atoms. The van der Waals surface area contributed by atoms with Crippen molar-refractivity contribution >= 4 is 5.97 Å². The second-order valence-electron chi connectivity index (χ2n) is 8.98. The molecule has 1 rings (SSSR count). The summed E-state index contributed by atoms with van der Waals surface area (Å²) in [6, 6.07) is 0. The quantitative estimate of drug-likeness (QED) is 0.536. The molecule has 0 radical (unpaired) electrons. The van der Waals surface area contributed by atoms with Crippen molar-refractivity contribution in [2.45, 2.75) is 110 Å². The predicted octanol–water partition coefficient (Wildman–Crippen LogP) is 3.83. The molecule has 1 heterocycles. The van der Waals surface area contributed by atoms with E-state index in [2.05, 4.69) is 34.6 Å². The van der Waals surface area contributed by atoms with E-state index in [0.717, 1.165) is 32.1 Å². The summed E-state index contributed by atoms with van der Waals surface area (Å²) in [7, 11) is 0. The van der Waals surface area contributed by atoms with Crippen LogP contribution in [0, 0.1) is 0 Å². The van der Waals surface area contributed by atoms with E-state index in [9.17, 15) is 9.90 Å². The zero-order valence-electron chi connectivity index (χ0n) is 16.6. The maximum atomic E-state index is 12.0. The number of rotatable bonds is 8. The number of carbonyl (C=O) groups excluding carboxylic acids is 1. The summed E-state index contributed by atoms with van der Waals surface area (Å²) in [5, 5.41) is 11.9. The molecule has 5 heteroatoms. The van der Waals surface area contributed by atoms with Gasteiger partial charge in [0.15, 0.2) is 0 Å². The summed E-state index contributed by atoms with van der Waals surface area (Å²) >= 11 is 0. The van der Waals surface area contributed by atoms with E-state index in [1.54, 1.807) is 13.8 Å². The molecule has 1 saturated heterocycles. The molecular formula is C19H37NO4. The molecule has 0 unspecified atom stereocenters. The van der Waals surface area contributed by atoms with Crippen LogP contribution >= 0.6 is 0 Å². The third-order valence-corrected chi connectivity index (χ3v) is 4.38. The van der Waals surface area contributed by atoms with Crippen LogP contribution < -0.4 is 0 Å². The van der Waals surface area contributed by atoms with Gasteiger partial charge in [0.1, 0.15) is 6.10 Å². The molecule has 0 amide bonds. The zero-order chi connectivity index (χ0) is 18.6. The molecule has 0 aromatic heterocycles. The van der Waals surface area contributed by atoms with E-state index in [1.807, 2.05) is 5.06 Å². The van der Waals surface area contributed by atoms with Gasteiger partial charge in [0.05, 0.1) is 12.2 Å². The Morgan fingerprint density at radius 3 is 2.17 bits per heavy atom. The third kappa shape index (κ3) is 6.69. The van der Waals surface area contributed by atoms with Crippen molar-refractivity contribution in [3.05, 3.63) is 0 Å². The fourth-order valence-electron chi connectivity index (χ4n) is 3.59. The van der Waals surface area contributed by atoms with Crippen molar-refractivity contribution in [1.29, 1.82) is 0 Å². The van der Waals surface area contributed by atoms with Crippen LogP contribution in [0.2, 0.25) is 0 Å². The molecule has 0 saturated carbocycles. The Kier molecular flexibility index (Phi) is 7.27. The van der Waals surface area contributed by atoms with E-state index >= 15 is 0 Å². The van der Waals surface area contributed by atoms with Crippen LogP contribution in [0.1, 0.15) is 87.0 Å². The van der Waals surface area contributed by atoms with Crippen molar-refractivity contribution < 1.29 is 19.5 Å². The van der Waals surface area contributed by atoms with Gasteiger partial charge in [-0.3, -0.25) is 9.63 Å². The summed E-state index contributed by atoms with van der Waals surface area (Å²) in [5.41, 5.74) is -1.43. The second kappa shape index (κ2) is 8.15. The highest BCUT2D eigenvalue weighted by atomic mass is 16.7. The first kappa shape index (κ1) is 21.4. The summed E-state index contributed by atoms with van der Waals surface area (Å²) in [4.78, 5) is 18.0. The minimum Gasteiger partial charge on any atom is -0.462 e. The fourth-order valence-corrected chi connectivity index (χ4v) is 3.59. The normalized spacial score (nSPS) is 21.7. The van der Waals surface area contributed by atoms with Gasteiger partial charge in [0.25, 0.3) is 0 Å². The van der Waals surface area contributed by atoms with Crippen LogP contribution in [0.5, 0.6) is 0 Å². The van der Waals surface area contributed by atoms with Crippen LogP contribution in [-0.2, 0) is 14.4 Å². The lowest BCUT2D eigenvalue weighted by molar-refractivity contribution is -0.306. The van der Waals surface area contributed by atoms with E-state index in [4.69, 9.17) is 9.57 Å². The van der Waals surface area contributed by atoms with Crippen molar-refractivity contribution in [1.82, 2.24) is 5.06 Å². The Balaban J connectivity index is 2.67. The van der Waals surface area contributed by atoms with Gasteiger partial charge in [0.2, 0.25) is 0 Å². The highest BCUT2D eigenvalue weighted by Gasteiger charge is 2.48. The number of unbranched alkanes of at least 4 members (excludes halogenated alkanes) is 2. The zero-order valence-corrected chi connectivity index (χ0v) is 16.6. The standard InChI is InChI=1S/C19H37NO4/c1-8-9-10-11-16(21)24-15-12-17(2,3)20(18(4,5)13-15)23-14-19(6,7)22/h15,22H,8-14H2,1-7H3. The molecule has 1 aliphatic rings. The highest BCUT2D eigenvalue weighted by Crippen LogP contribution is 2.40. The largest absolute Gasteiger partial charge is 0.462 e. The maximum absolute atomic E-state index is 12.0. The molecule has 0 aromatic rings. The van der Waals surface area contributed by atoms with E-state index in [0.29, 0.717) is 6.42 Å². The third-order valence-electron chi connectivity index (χ3n) is 4.38. The molecular weight excluding hydrogens is 306 g/mol. The number of hydroxylamine groups is 2. The number of carbonyl (C=O) groups is 1. The SMILES string of the molecule is CCCCCC(=O)OC1CC(C)(C)N(OCC(C)(C)O)C(C)(C)C1. The van der Waals surface area contributed by atoms with E-state index in [-0.39, 0.29) is 29.8 Å². The van der Waals surface area contributed by atoms with Crippen molar-refractivity contribution in [2.75, 3.05) is 6.61 Å². The highest BCUT2D eigenvalue weighted by molar-refractivity contribution is 5.69. The van der Waals surface area contributed by atoms with Crippen LogP contribution in [0.4, 0.5) is 0 Å². The van der Waals surface area contributed by atoms with Gasteiger partial charge < -0.3 is 9.84 Å². The molecule has 5 nitrogen and oxygen atoms in total. The number of piperidine rings is 1. The Hall–Kier alpha value is -0.650. The Labute approximate surface area is 147 Å². The predicted molar refractivity (Wildman–Crippen MR) is 95.5 cm³/mol. The number of nitrogens with zero attached hydrogens (tertiary/aromatic N) is 1. The summed E-state index contributed by atoms with van der Waals surface area (Å²) in [5.74, 6) is -0.0918. The van der Waals surface area contributed by atoms with Crippen molar-refractivity contribution in [2.24, 2.45) is 0 Å². The molecule has 1 N–H and O–H groups in total. The van der Waals surface area contributed by atoms with Crippen LogP contribution in [-0.4, -0.2) is 45.5 Å². The average Bonchev–Trinajstić information content (AvgIpc) is 2.34. The number of ether oxygens (including phenoxy) is 1. The van der Waals surface area contributed by atoms with Gasteiger partial charge in [-0.1, -0.05) is 19.8 Å². The lowest BCUT2D eigenvalue weighted by Crippen LogP contribution is -2.62. The van der Waals surface area contributed by atoms with Gasteiger partial charge in [-0.25, -0.2) is 0 Å². The number of esters is 1. The molecule has 1 fully saturated rings. The second-order valence-corrected chi connectivity index (χ2v) is 8.98. The average molecular weight is 344 g/mol. The first-order chi connectivity index (χ1) is 10.9. The van der Waals surface area contributed by atoms with Gasteiger partial charge in [-0.2, -0.15) is 5.06 Å². The molecule has 24 heavy (non-hydrogen) atoms. The van der Waals surface area contributed by atoms with Crippen molar-refractivity contribution in [3.8, 4) is 0 Å². The number of aliphatic hydroxyl groups is 1. The smallest absolute Gasteiger partial charge is 0.306 e. The first-order valence-corrected chi connectivity index (χ1v) is 9.22. The van der Waals surface area contributed by atoms with Crippen LogP contribution in [0.15, 0.2) is 0 Å². The van der Waals surface area contributed by atoms with Gasteiger partial charge >= 0.3 is 5.97 Å². The Morgan fingerprint density at radius 2 is 1.71 bits per heavy atom. The molecule has 0 atom stereocenters. The maximum Gasteiger partial charge on any atom is 0.306 e. The number of hydrogen-bond donors (Lipinski definition) is 1. The lowest BCUT2D eigenvalue weighted by Gasteiger charge is -2.53. The van der Waals surface area contributed by atoms with Crippen molar-refractivity contribution in [3.63, 3.8) is 0 Å². The Morgan fingerprint density at radius 1 is 1.17 bits per heavy atom. The minimum atomic E-state index is -0.880. The molecule has 0 aromatic carbocycles. The molecule has 0 aliphatic carbocycles. The lowest BCUT2D eigenvalue weighted by atomic mass is 9.80. The Bertz CT molecular complexity index is 394. The van der Waals surface area contributed by atoms with Gasteiger partial charge in [-0.15, -0.1) is 0 Å². The first-order valence-electron chi connectivity index (χ1n) is 9.22. The van der Waals surface area contributed by atoms with Gasteiger partial charge in [0, 0.05) is 30.3 Å². The molecule has 1 aliphatic heterocycles.